The van der Waals surface area contributed by atoms with Gasteiger partial charge in [-0.05, 0) is 38.7 Å². The number of nitrogens with zero attached hydrogens (tertiary/aromatic N) is 4. The molecule has 3 heterocycles. The number of aromatic amines is 1. The van der Waals surface area contributed by atoms with E-state index >= 15 is 0 Å². The van der Waals surface area contributed by atoms with Crippen LogP contribution < -0.4 is 15.5 Å². The van der Waals surface area contributed by atoms with Crippen LogP contribution in [0.4, 0.5) is 16.3 Å². The van der Waals surface area contributed by atoms with Crippen molar-refractivity contribution < 1.29 is 4.79 Å². The number of urea groups is 1. The molecule has 2 aliphatic rings. The first-order chi connectivity index (χ1) is 12.7. The molecule has 138 valence electrons. The molecule has 2 aromatic rings. The molecule has 3 N–H and O–H groups in total. The van der Waals surface area contributed by atoms with Gasteiger partial charge in [0.2, 0.25) is 0 Å². The Hall–Kier alpha value is -2.64. The van der Waals surface area contributed by atoms with Crippen LogP contribution in [0.25, 0.3) is 0 Å². The Balaban J connectivity index is 1.48. The van der Waals surface area contributed by atoms with E-state index in [0.29, 0.717) is 12.5 Å². The van der Waals surface area contributed by atoms with Crippen LogP contribution in [0.1, 0.15) is 56.0 Å². The van der Waals surface area contributed by atoms with Crippen LogP contribution in [0.15, 0.2) is 18.5 Å². The minimum atomic E-state index is -0.201. The molecule has 0 aromatic carbocycles. The van der Waals surface area contributed by atoms with E-state index in [9.17, 15) is 4.79 Å². The molecule has 8 heteroatoms. The molecular weight excluding hydrogens is 330 g/mol. The molecule has 0 radical (unpaired) electrons. The summed E-state index contributed by atoms with van der Waals surface area (Å²) in [6, 6.07) is 1.79. The Morgan fingerprint density at radius 1 is 1.35 bits per heavy atom. The van der Waals surface area contributed by atoms with Crippen molar-refractivity contribution >= 4 is 17.5 Å². The highest BCUT2D eigenvalue weighted by molar-refractivity contribution is 5.89. The predicted molar refractivity (Wildman–Crippen MR) is 99.5 cm³/mol. The van der Waals surface area contributed by atoms with Crippen molar-refractivity contribution in [3.8, 4) is 0 Å². The van der Waals surface area contributed by atoms with Gasteiger partial charge in [0.05, 0.1) is 17.6 Å². The van der Waals surface area contributed by atoms with E-state index in [2.05, 4.69) is 30.7 Å². The molecule has 26 heavy (non-hydrogen) atoms. The molecule has 1 unspecified atom stereocenters. The van der Waals surface area contributed by atoms with E-state index in [0.717, 1.165) is 49.0 Å². The van der Waals surface area contributed by atoms with Crippen molar-refractivity contribution in [3.05, 3.63) is 30.0 Å². The van der Waals surface area contributed by atoms with Crippen LogP contribution in [0.5, 0.6) is 0 Å². The van der Waals surface area contributed by atoms with Gasteiger partial charge in [0.1, 0.15) is 11.6 Å². The largest absolute Gasteiger partial charge is 0.356 e. The van der Waals surface area contributed by atoms with E-state index < -0.39 is 0 Å². The molecule has 1 aliphatic heterocycles. The van der Waals surface area contributed by atoms with Crippen molar-refractivity contribution in [1.82, 2.24) is 25.5 Å². The number of rotatable bonds is 5. The van der Waals surface area contributed by atoms with Crippen LogP contribution in [-0.2, 0) is 0 Å². The van der Waals surface area contributed by atoms with Gasteiger partial charge in [-0.25, -0.2) is 14.8 Å². The van der Waals surface area contributed by atoms with Crippen LogP contribution >= 0.6 is 0 Å². The van der Waals surface area contributed by atoms with Crippen molar-refractivity contribution in [2.75, 3.05) is 29.9 Å². The van der Waals surface area contributed by atoms with E-state index in [1.807, 2.05) is 19.2 Å². The Morgan fingerprint density at radius 3 is 3.04 bits per heavy atom. The van der Waals surface area contributed by atoms with Gasteiger partial charge in [0.15, 0.2) is 0 Å². The van der Waals surface area contributed by atoms with Crippen LogP contribution in [0.3, 0.4) is 0 Å². The fraction of sp³-hybridized carbons (Fsp3) is 0.556. The standard InChI is InChI=1S/C18H25N7O/c1-2-19-18(26)22-14-10-21-24-16(14)13-4-3-9-25(11-13)15-7-8-20-17(23-15)12-5-6-12/h7-8,10,12-13H,2-6,9,11H2,1H3,(H,21,24)(H2,19,22,26). The molecule has 1 saturated carbocycles. The highest BCUT2D eigenvalue weighted by Gasteiger charge is 2.29. The van der Waals surface area contributed by atoms with Crippen LogP contribution in [0, 0.1) is 0 Å². The van der Waals surface area contributed by atoms with Crippen molar-refractivity contribution in [2.24, 2.45) is 0 Å². The minimum Gasteiger partial charge on any atom is -0.356 e. The van der Waals surface area contributed by atoms with Gasteiger partial charge in [0, 0.05) is 37.7 Å². The first-order valence-corrected chi connectivity index (χ1v) is 9.40. The minimum absolute atomic E-state index is 0.201. The lowest BCUT2D eigenvalue weighted by Gasteiger charge is -2.33. The zero-order valence-electron chi connectivity index (χ0n) is 15.0. The molecule has 1 atom stereocenters. The predicted octanol–water partition coefficient (Wildman–Crippen LogP) is 2.60. The number of amides is 2. The van der Waals surface area contributed by atoms with Gasteiger partial charge in [0.25, 0.3) is 0 Å². The molecule has 1 saturated heterocycles. The van der Waals surface area contributed by atoms with E-state index in [-0.39, 0.29) is 11.9 Å². The zero-order chi connectivity index (χ0) is 17.9. The number of hydrogen-bond donors (Lipinski definition) is 3. The van der Waals surface area contributed by atoms with Gasteiger partial charge in [-0.3, -0.25) is 5.10 Å². The second-order valence-electron chi connectivity index (χ2n) is 7.01. The quantitative estimate of drug-likeness (QED) is 0.766. The van der Waals surface area contributed by atoms with Gasteiger partial charge >= 0.3 is 6.03 Å². The second kappa shape index (κ2) is 7.31. The first kappa shape index (κ1) is 16.8. The molecule has 0 spiro atoms. The Kier molecular flexibility index (Phi) is 4.73. The Bertz CT molecular complexity index is 770. The number of nitrogens with one attached hydrogen (secondary N) is 3. The van der Waals surface area contributed by atoms with Crippen molar-refractivity contribution in [2.45, 2.75) is 44.4 Å². The molecule has 2 amide bonds. The van der Waals surface area contributed by atoms with Gasteiger partial charge in [-0.15, -0.1) is 0 Å². The summed E-state index contributed by atoms with van der Waals surface area (Å²) in [7, 11) is 0. The number of carbonyl (C=O) groups is 1. The number of piperidine rings is 1. The Morgan fingerprint density at radius 2 is 2.23 bits per heavy atom. The average molecular weight is 355 g/mol. The monoisotopic (exact) mass is 355 g/mol. The lowest BCUT2D eigenvalue weighted by atomic mass is 9.94. The highest BCUT2D eigenvalue weighted by Crippen LogP contribution is 2.39. The summed E-state index contributed by atoms with van der Waals surface area (Å²) in [4.78, 5) is 23.4. The molecule has 0 bridgehead atoms. The third-order valence-corrected chi connectivity index (χ3v) is 5.01. The maximum absolute atomic E-state index is 11.8. The summed E-state index contributed by atoms with van der Waals surface area (Å²) in [5.74, 6) is 2.81. The third kappa shape index (κ3) is 3.63. The number of carbonyl (C=O) groups excluding carboxylic acids is 1. The lowest BCUT2D eigenvalue weighted by Crippen LogP contribution is -2.36. The maximum atomic E-state index is 11.8. The van der Waals surface area contributed by atoms with Crippen molar-refractivity contribution in [1.29, 1.82) is 0 Å². The number of H-pyrrole nitrogens is 1. The van der Waals surface area contributed by atoms with Gasteiger partial charge in [-0.1, -0.05) is 0 Å². The first-order valence-electron chi connectivity index (χ1n) is 9.40. The van der Waals surface area contributed by atoms with Crippen molar-refractivity contribution in [3.63, 3.8) is 0 Å². The third-order valence-electron chi connectivity index (χ3n) is 5.01. The average Bonchev–Trinajstić information content (AvgIpc) is 3.42. The molecule has 2 aromatic heterocycles. The summed E-state index contributed by atoms with van der Waals surface area (Å²) in [5.41, 5.74) is 1.74. The van der Waals surface area contributed by atoms with E-state index in [4.69, 9.17) is 4.98 Å². The Labute approximate surface area is 152 Å². The summed E-state index contributed by atoms with van der Waals surface area (Å²) in [6.07, 6.45) is 8.10. The number of anilines is 2. The summed E-state index contributed by atoms with van der Waals surface area (Å²) in [6.45, 7) is 4.33. The number of hydrogen-bond acceptors (Lipinski definition) is 5. The zero-order valence-corrected chi connectivity index (χ0v) is 15.0. The van der Waals surface area contributed by atoms with E-state index in [1.54, 1.807) is 6.20 Å². The normalized spacial score (nSPS) is 20.0. The SMILES string of the molecule is CCNC(=O)Nc1cn[nH]c1C1CCCN(c2ccnc(C3CC3)n2)C1. The topological polar surface area (TPSA) is 98.8 Å². The molecule has 2 fully saturated rings. The fourth-order valence-corrected chi connectivity index (χ4v) is 3.53. The van der Waals surface area contributed by atoms with Crippen LogP contribution in [0.2, 0.25) is 0 Å². The highest BCUT2D eigenvalue weighted by atomic mass is 16.2. The number of aromatic nitrogens is 4. The summed E-state index contributed by atoms with van der Waals surface area (Å²) in [5, 5.41) is 12.9. The van der Waals surface area contributed by atoms with Crippen LogP contribution in [-0.4, -0.2) is 45.8 Å². The summed E-state index contributed by atoms with van der Waals surface area (Å²) < 4.78 is 0. The summed E-state index contributed by atoms with van der Waals surface area (Å²) >= 11 is 0. The van der Waals surface area contributed by atoms with Gasteiger partial charge in [-0.2, -0.15) is 5.10 Å². The maximum Gasteiger partial charge on any atom is 0.319 e. The molecular formula is C18H25N7O. The van der Waals surface area contributed by atoms with E-state index in [1.165, 1.54) is 12.8 Å². The molecule has 4 rings (SSSR count). The van der Waals surface area contributed by atoms with Gasteiger partial charge < -0.3 is 15.5 Å². The second-order valence-corrected chi connectivity index (χ2v) is 7.01. The molecule has 1 aliphatic carbocycles. The fourth-order valence-electron chi connectivity index (χ4n) is 3.53. The lowest BCUT2D eigenvalue weighted by molar-refractivity contribution is 0.252. The smallest absolute Gasteiger partial charge is 0.319 e. The molecule has 8 nitrogen and oxygen atoms in total.